The highest BCUT2D eigenvalue weighted by Gasteiger charge is 2.26. The maximum absolute atomic E-state index is 13.1. The first-order valence-corrected chi connectivity index (χ1v) is 11.5. The van der Waals surface area contributed by atoms with Gasteiger partial charge in [-0.2, -0.15) is 4.31 Å². The lowest BCUT2D eigenvalue weighted by molar-refractivity contribution is -0.107. The van der Waals surface area contributed by atoms with Crippen LogP contribution in [0, 0.1) is 0 Å². The van der Waals surface area contributed by atoms with Gasteiger partial charge in [-0.1, -0.05) is 12.1 Å². The van der Waals surface area contributed by atoms with Crippen molar-refractivity contribution in [3.05, 3.63) is 52.1 Å². The molecule has 0 atom stereocenters. The van der Waals surface area contributed by atoms with Gasteiger partial charge in [-0.05, 0) is 24.1 Å². The number of anilines is 1. The van der Waals surface area contributed by atoms with Gasteiger partial charge in [-0.3, -0.25) is 4.79 Å². The van der Waals surface area contributed by atoms with E-state index in [1.54, 1.807) is 17.9 Å². The van der Waals surface area contributed by atoms with Crippen molar-refractivity contribution in [2.75, 3.05) is 44.4 Å². The molecule has 0 aliphatic carbocycles. The fraction of sp³-hybridized carbons (Fsp3) is 0.450. The predicted octanol–water partition coefficient (Wildman–Crippen LogP) is 0.513. The van der Waals surface area contributed by atoms with Crippen LogP contribution in [0.25, 0.3) is 0 Å². The molecule has 0 saturated carbocycles. The molecule has 1 saturated heterocycles. The largest absolute Gasteiger partial charge is 0.497 e. The number of ether oxygens (including phenoxy) is 1. The number of benzene rings is 1. The number of aldehydes is 1. The smallest absolute Gasteiger partial charge is 0.293 e. The summed E-state index contributed by atoms with van der Waals surface area (Å²) in [5.41, 5.74) is 1.34. The average molecular weight is 435 g/mol. The van der Waals surface area contributed by atoms with Crippen molar-refractivity contribution in [3.63, 3.8) is 0 Å². The van der Waals surface area contributed by atoms with E-state index in [4.69, 9.17) is 4.74 Å². The zero-order valence-electron chi connectivity index (χ0n) is 17.2. The van der Waals surface area contributed by atoms with Crippen LogP contribution >= 0.6 is 0 Å². The topological polar surface area (TPSA) is 102 Å². The number of carbonyl (C=O) groups excluding carboxylic acids is 1. The summed E-state index contributed by atoms with van der Waals surface area (Å²) in [6, 6.07) is 7.45. The molecule has 1 aliphatic rings. The van der Waals surface area contributed by atoms with Gasteiger partial charge in [-0.15, -0.1) is 0 Å². The van der Waals surface area contributed by atoms with Crippen molar-refractivity contribution in [3.8, 4) is 5.75 Å². The molecule has 2 heterocycles. The maximum atomic E-state index is 13.1. The lowest BCUT2D eigenvalue weighted by atomic mass is 10.2. The molecule has 0 bridgehead atoms. The summed E-state index contributed by atoms with van der Waals surface area (Å²) in [6.45, 7) is 1.73. The van der Waals surface area contributed by atoms with Crippen molar-refractivity contribution in [1.29, 1.82) is 0 Å². The Kier molecular flexibility index (Phi) is 6.88. The molecular weight excluding hydrogens is 408 g/mol. The highest BCUT2D eigenvalue weighted by molar-refractivity contribution is 7.88. The second-order valence-electron chi connectivity index (χ2n) is 7.19. The van der Waals surface area contributed by atoms with Crippen LogP contribution < -0.4 is 15.2 Å². The summed E-state index contributed by atoms with van der Waals surface area (Å²) in [4.78, 5) is 30.3. The second kappa shape index (κ2) is 9.40. The quantitative estimate of drug-likeness (QED) is 0.558. The van der Waals surface area contributed by atoms with Gasteiger partial charge in [0, 0.05) is 38.8 Å². The number of rotatable bonds is 8. The Morgan fingerprint density at radius 3 is 2.37 bits per heavy atom. The number of aromatic nitrogens is 2. The van der Waals surface area contributed by atoms with E-state index in [0.717, 1.165) is 17.6 Å². The van der Waals surface area contributed by atoms with Crippen LogP contribution in [0.1, 0.15) is 17.7 Å². The van der Waals surface area contributed by atoms with Crippen molar-refractivity contribution >= 4 is 22.1 Å². The third-order valence-electron chi connectivity index (χ3n) is 5.04. The third-order valence-corrected chi connectivity index (χ3v) is 6.35. The summed E-state index contributed by atoms with van der Waals surface area (Å²) >= 11 is 0. The lowest BCUT2D eigenvalue weighted by Gasteiger charge is -2.33. The summed E-state index contributed by atoms with van der Waals surface area (Å²) in [5, 5.41) is 0. The van der Waals surface area contributed by atoms with Gasteiger partial charge in [0.15, 0.2) is 5.82 Å². The van der Waals surface area contributed by atoms with E-state index in [0.29, 0.717) is 57.1 Å². The first-order valence-electron chi connectivity index (χ1n) is 9.69. The molecule has 1 aliphatic heterocycles. The van der Waals surface area contributed by atoms with Crippen LogP contribution in [0.15, 0.2) is 35.3 Å². The van der Waals surface area contributed by atoms with E-state index >= 15 is 0 Å². The zero-order valence-corrected chi connectivity index (χ0v) is 18.0. The number of sulfonamides is 1. The monoisotopic (exact) mass is 434 g/mol. The number of piperazine rings is 1. The second-order valence-corrected chi connectivity index (χ2v) is 9.17. The van der Waals surface area contributed by atoms with E-state index in [1.165, 1.54) is 10.6 Å². The molecule has 0 radical (unpaired) electrons. The molecule has 162 valence electrons. The minimum Gasteiger partial charge on any atom is -0.497 e. The van der Waals surface area contributed by atoms with E-state index in [2.05, 4.69) is 4.98 Å². The number of hydrogen-bond acceptors (Lipinski definition) is 7. The molecule has 0 unspecified atom stereocenters. The van der Waals surface area contributed by atoms with Gasteiger partial charge in [-0.25, -0.2) is 13.4 Å². The van der Waals surface area contributed by atoms with Gasteiger partial charge in [0.2, 0.25) is 10.0 Å². The standard InChI is InChI=1S/C20H26N4O5S/c1-29-18-7-5-16(6-8-18)14-23-15-17(4-3-13-25)21-19(20(23)26)22-9-11-24(12-10-22)30(2,27)28/h5-8,13,15H,3-4,9-12,14H2,1-2H3. The summed E-state index contributed by atoms with van der Waals surface area (Å²) in [6.07, 6.45) is 4.44. The van der Waals surface area contributed by atoms with Crippen molar-refractivity contribution in [2.24, 2.45) is 0 Å². The number of hydrogen-bond donors (Lipinski definition) is 0. The Labute approximate surface area is 175 Å². The summed E-state index contributed by atoms with van der Waals surface area (Å²) < 4.78 is 31.7. The molecule has 1 aromatic carbocycles. The maximum Gasteiger partial charge on any atom is 0.293 e. The summed E-state index contributed by atoms with van der Waals surface area (Å²) in [7, 11) is -1.67. The molecule has 2 aromatic rings. The van der Waals surface area contributed by atoms with E-state index in [9.17, 15) is 18.0 Å². The highest BCUT2D eigenvalue weighted by atomic mass is 32.2. The SMILES string of the molecule is COc1ccc(Cn2cc(CCC=O)nc(N3CCN(S(C)(=O)=O)CC3)c2=O)cc1. The molecule has 9 nitrogen and oxygen atoms in total. The Bertz CT molecular complexity index is 1040. The molecule has 0 amide bonds. The fourth-order valence-electron chi connectivity index (χ4n) is 3.39. The Hall–Kier alpha value is -2.72. The van der Waals surface area contributed by atoms with E-state index < -0.39 is 10.0 Å². The molecule has 1 fully saturated rings. The Morgan fingerprint density at radius 2 is 1.80 bits per heavy atom. The number of methoxy groups -OCH3 is 1. The van der Waals surface area contributed by atoms with Crippen LogP contribution in [-0.2, 0) is 27.8 Å². The normalized spacial score (nSPS) is 15.2. The lowest BCUT2D eigenvalue weighted by Crippen LogP contribution is -2.50. The third kappa shape index (κ3) is 5.25. The van der Waals surface area contributed by atoms with E-state index in [-0.39, 0.29) is 5.56 Å². The molecule has 10 heteroatoms. The number of nitrogens with zero attached hydrogens (tertiary/aromatic N) is 4. The van der Waals surface area contributed by atoms with Crippen LogP contribution in [0.5, 0.6) is 5.75 Å². The number of aryl methyl sites for hydroxylation is 1. The zero-order chi connectivity index (χ0) is 21.7. The Morgan fingerprint density at radius 1 is 1.13 bits per heavy atom. The van der Waals surface area contributed by atoms with Crippen molar-refractivity contribution < 1.29 is 17.9 Å². The molecule has 0 spiro atoms. The van der Waals surface area contributed by atoms with Crippen molar-refractivity contribution in [1.82, 2.24) is 13.9 Å². The van der Waals surface area contributed by atoms with Gasteiger partial charge in [0.25, 0.3) is 5.56 Å². The Balaban J connectivity index is 1.89. The predicted molar refractivity (Wildman–Crippen MR) is 114 cm³/mol. The molecule has 1 aromatic heterocycles. The van der Waals surface area contributed by atoms with Crippen LogP contribution in [0.4, 0.5) is 5.82 Å². The van der Waals surface area contributed by atoms with Gasteiger partial charge < -0.3 is 19.0 Å². The van der Waals surface area contributed by atoms with E-state index in [1.807, 2.05) is 29.2 Å². The van der Waals surface area contributed by atoms with Gasteiger partial charge in [0.1, 0.15) is 12.0 Å². The molecular formula is C20H26N4O5S. The van der Waals surface area contributed by atoms with Crippen molar-refractivity contribution in [2.45, 2.75) is 19.4 Å². The molecule has 30 heavy (non-hydrogen) atoms. The average Bonchev–Trinajstić information content (AvgIpc) is 2.74. The minimum atomic E-state index is -3.26. The first-order chi connectivity index (χ1) is 14.3. The summed E-state index contributed by atoms with van der Waals surface area (Å²) in [5.74, 6) is 1.02. The molecule has 3 rings (SSSR count). The van der Waals surface area contributed by atoms with Crippen LogP contribution in [-0.4, -0.2) is 68.1 Å². The van der Waals surface area contributed by atoms with Crippen LogP contribution in [0.2, 0.25) is 0 Å². The number of carbonyl (C=O) groups is 1. The fourth-order valence-corrected chi connectivity index (χ4v) is 4.22. The molecule has 0 N–H and O–H groups in total. The van der Waals surface area contributed by atoms with Gasteiger partial charge in [0.05, 0.1) is 25.6 Å². The van der Waals surface area contributed by atoms with Gasteiger partial charge >= 0.3 is 0 Å². The van der Waals surface area contributed by atoms with Crippen LogP contribution in [0.3, 0.4) is 0 Å². The first kappa shape index (κ1) is 22.0. The highest BCUT2D eigenvalue weighted by Crippen LogP contribution is 2.15. The minimum absolute atomic E-state index is 0.242.